The zero-order valence-corrected chi connectivity index (χ0v) is 18.3. The van der Waals surface area contributed by atoms with Gasteiger partial charge >= 0.3 is 0 Å². The van der Waals surface area contributed by atoms with Gasteiger partial charge in [0.25, 0.3) is 0 Å². The van der Waals surface area contributed by atoms with Crippen LogP contribution in [0.2, 0.25) is 0 Å². The highest BCUT2D eigenvalue weighted by molar-refractivity contribution is 5.74. The zero-order chi connectivity index (χ0) is 20.8. The molecular weight excluding hydrogens is 348 g/mol. The van der Waals surface area contributed by atoms with Gasteiger partial charge in [0.2, 0.25) is 0 Å². The lowest BCUT2D eigenvalue weighted by Gasteiger charge is -2.21. The molecule has 4 nitrogen and oxygen atoms in total. The second-order valence-electron chi connectivity index (χ2n) is 7.73. The summed E-state index contributed by atoms with van der Waals surface area (Å²) in [4.78, 5) is 4.61. The number of nitrogens with zero attached hydrogens (tertiary/aromatic N) is 2. The van der Waals surface area contributed by atoms with Crippen molar-refractivity contribution in [2.24, 2.45) is 0 Å². The summed E-state index contributed by atoms with van der Waals surface area (Å²) < 4.78 is 8.18. The third-order valence-corrected chi connectivity index (χ3v) is 4.73. The van der Waals surface area contributed by atoms with Crippen LogP contribution in [0, 0.1) is 0 Å². The largest absolute Gasteiger partial charge is 0.493 e. The second kappa shape index (κ2) is 9.74. The molecule has 1 aromatic carbocycles. The van der Waals surface area contributed by atoms with Crippen molar-refractivity contribution in [3.05, 3.63) is 46.9 Å². The highest BCUT2D eigenvalue weighted by Crippen LogP contribution is 2.40. The minimum Gasteiger partial charge on any atom is -0.493 e. The molecule has 0 unspecified atom stereocenters. The number of aromatic nitrogens is 2. The summed E-state index contributed by atoms with van der Waals surface area (Å²) in [6.07, 6.45) is 7.78. The molecule has 152 valence electrons. The Bertz CT molecular complexity index is 858. The molecule has 0 aliphatic carbocycles. The number of rotatable bonds is 8. The van der Waals surface area contributed by atoms with Crippen molar-refractivity contribution in [1.29, 1.82) is 0 Å². The Morgan fingerprint density at radius 1 is 1.21 bits per heavy atom. The van der Waals surface area contributed by atoms with Crippen LogP contribution in [0.3, 0.4) is 0 Å². The van der Waals surface area contributed by atoms with Gasteiger partial charge in [0, 0.05) is 11.8 Å². The van der Waals surface area contributed by atoms with Crippen molar-refractivity contribution in [2.45, 2.75) is 60.3 Å². The highest BCUT2D eigenvalue weighted by atomic mass is 16.5. The fraction of sp³-hybridized carbons (Fsp3) is 0.458. The summed E-state index contributed by atoms with van der Waals surface area (Å²) in [5, 5.41) is 9.54. The first-order valence-electron chi connectivity index (χ1n) is 10.1. The Morgan fingerprint density at radius 2 is 1.93 bits per heavy atom. The van der Waals surface area contributed by atoms with E-state index in [0.29, 0.717) is 18.4 Å². The molecule has 0 saturated heterocycles. The monoisotopic (exact) mass is 382 g/mol. The van der Waals surface area contributed by atoms with E-state index in [-0.39, 0.29) is 6.61 Å². The van der Waals surface area contributed by atoms with Gasteiger partial charge < -0.3 is 9.84 Å². The van der Waals surface area contributed by atoms with Gasteiger partial charge in [0.1, 0.15) is 11.6 Å². The molecule has 0 fully saturated rings. The van der Waals surface area contributed by atoms with Crippen molar-refractivity contribution in [3.8, 4) is 17.0 Å². The molecule has 2 aromatic rings. The summed E-state index contributed by atoms with van der Waals surface area (Å²) >= 11 is 0. The van der Waals surface area contributed by atoms with E-state index in [1.165, 1.54) is 11.1 Å². The summed E-state index contributed by atoms with van der Waals surface area (Å²) in [5.74, 6) is 2.51. The van der Waals surface area contributed by atoms with E-state index < -0.39 is 0 Å². The van der Waals surface area contributed by atoms with Gasteiger partial charge in [0.15, 0.2) is 0 Å². The molecule has 0 spiro atoms. The lowest BCUT2D eigenvalue weighted by atomic mass is 9.91. The van der Waals surface area contributed by atoms with E-state index in [4.69, 9.17) is 4.74 Å². The Hall–Kier alpha value is -2.33. The van der Waals surface area contributed by atoms with Crippen molar-refractivity contribution in [3.63, 3.8) is 0 Å². The average Bonchev–Trinajstić information content (AvgIpc) is 3.04. The van der Waals surface area contributed by atoms with Crippen LogP contribution < -0.4 is 4.74 Å². The topological polar surface area (TPSA) is 47.3 Å². The first kappa shape index (κ1) is 22.0. The smallest absolute Gasteiger partial charge is 0.136 e. The molecule has 4 heteroatoms. The van der Waals surface area contributed by atoms with Gasteiger partial charge in [-0.3, -0.25) is 4.57 Å². The van der Waals surface area contributed by atoms with Crippen LogP contribution in [0.4, 0.5) is 0 Å². The van der Waals surface area contributed by atoms with E-state index in [9.17, 15) is 5.11 Å². The molecule has 2 rings (SSSR count). The second-order valence-corrected chi connectivity index (χ2v) is 7.73. The van der Waals surface area contributed by atoms with Crippen molar-refractivity contribution in [1.82, 2.24) is 9.55 Å². The molecule has 0 saturated carbocycles. The van der Waals surface area contributed by atoms with Gasteiger partial charge in [-0.2, -0.15) is 0 Å². The average molecular weight is 383 g/mol. The fourth-order valence-corrected chi connectivity index (χ4v) is 3.18. The molecule has 0 amide bonds. The maximum absolute atomic E-state index is 9.54. The molecule has 1 aromatic heterocycles. The van der Waals surface area contributed by atoms with Crippen LogP contribution in [-0.2, 0) is 0 Å². The van der Waals surface area contributed by atoms with Crippen LogP contribution in [0.1, 0.15) is 77.3 Å². The first-order valence-corrected chi connectivity index (χ1v) is 10.1. The molecule has 0 radical (unpaired) electrons. The van der Waals surface area contributed by atoms with Crippen LogP contribution >= 0.6 is 0 Å². The summed E-state index contributed by atoms with van der Waals surface area (Å²) in [7, 11) is 0. The number of ether oxygens (including phenoxy) is 1. The number of imidazole rings is 1. The lowest BCUT2D eigenvalue weighted by Crippen LogP contribution is -2.05. The molecular formula is C24H34N2O2. The predicted molar refractivity (Wildman–Crippen MR) is 119 cm³/mol. The van der Waals surface area contributed by atoms with Gasteiger partial charge in [-0.1, -0.05) is 39.8 Å². The fourth-order valence-electron chi connectivity index (χ4n) is 3.18. The number of aliphatic hydroxyl groups excluding tert-OH is 1. The number of allylic oxidation sites excluding steroid dienone is 1. The van der Waals surface area contributed by atoms with Gasteiger partial charge in [-0.25, -0.2) is 4.98 Å². The minimum absolute atomic E-state index is 0.00843. The Balaban J connectivity index is 2.86. The highest BCUT2D eigenvalue weighted by Gasteiger charge is 2.20. The van der Waals surface area contributed by atoms with E-state index in [2.05, 4.69) is 44.8 Å². The Morgan fingerprint density at radius 3 is 2.46 bits per heavy atom. The molecule has 0 atom stereocenters. The van der Waals surface area contributed by atoms with Gasteiger partial charge in [-0.15, -0.1) is 0 Å². The number of hydrogen-bond acceptors (Lipinski definition) is 3. The van der Waals surface area contributed by atoms with E-state index >= 15 is 0 Å². The summed E-state index contributed by atoms with van der Waals surface area (Å²) in [6, 6.07) is 4.49. The number of benzene rings is 1. The minimum atomic E-state index is 0.00843. The van der Waals surface area contributed by atoms with Crippen molar-refractivity contribution in [2.75, 3.05) is 13.2 Å². The molecule has 1 N–H and O–H groups in total. The normalized spacial score (nSPS) is 12.6. The van der Waals surface area contributed by atoms with Crippen LogP contribution in [0.25, 0.3) is 23.5 Å². The SMILES string of the molecule is C/C=C\c1ncc(-c2cc(C(C)C)cc(C(C)C)c2OCC)n1/C=C(\C)CO. The van der Waals surface area contributed by atoms with Crippen LogP contribution in [0.5, 0.6) is 5.75 Å². The van der Waals surface area contributed by atoms with E-state index in [1.807, 2.05) is 49.9 Å². The molecule has 0 aliphatic rings. The Labute approximate surface area is 169 Å². The summed E-state index contributed by atoms with van der Waals surface area (Å²) in [6.45, 7) is 15.3. The number of hydrogen-bond donors (Lipinski definition) is 1. The summed E-state index contributed by atoms with van der Waals surface area (Å²) in [5.41, 5.74) is 5.37. The predicted octanol–water partition coefficient (Wildman–Crippen LogP) is 6.08. The first-order chi connectivity index (χ1) is 13.3. The standard InChI is InChI=1S/C24H34N2O2/c1-8-10-23-25-13-22(26(23)14-18(7)15-27)21-12-19(16(3)4)11-20(17(5)6)24(21)28-9-2/h8,10-14,16-17,27H,9,15H2,1-7H3/b10-8-,18-14+. The van der Waals surface area contributed by atoms with Crippen molar-refractivity contribution < 1.29 is 9.84 Å². The molecule has 0 bridgehead atoms. The third kappa shape index (κ3) is 4.74. The van der Waals surface area contributed by atoms with E-state index in [0.717, 1.165) is 28.4 Å². The Kier molecular flexibility index (Phi) is 7.64. The number of aliphatic hydroxyl groups is 1. The quantitative estimate of drug-likeness (QED) is 0.601. The maximum atomic E-state index is 9.54. The van der Waals surface area contributed by atoms with Gasteiger partial charge in [-0.05, 0) is 61.4 Å². The molecule has 28 heavy (non-hydrogen) atoms. The van der Waals surface area contributed by atoms with Gasteiger partial charge in [0.05, 0.1) is 25.1 Å². The van der Waals surface area contributed by atoms with E-state index in [1.54, 1.807) is 0 Å². The van der Waals surface area contributed by atoms with Crippen LogP contribution in [-0.4, -0.2) is 27.9 Å². The maximum Gasteiger partial charge on any atom is 0.136 e. The van der Waals surface area contributed by atoms with Crippen molar-refractivity contribution >= 4 is 12.3 Å². The zero-order valence-electron chi connectivity index (χ0n) is 18.3. The third-order valence-electron chi connectivity index (χ3n) is 4.73. The molecule has 0 aliphatic heterocycles. The van der Waals surface area contributed by atoms with Crippen LogP contribution in [0.15, 0.2) is 30.0 Å². The molecule has 1 heterocycles. The lowest BCUT2D eigenvalue weighted by molar-refractivity contribution is 0.332.